The highest BCUT2D eigenvalue weighted by atomic mass is 16.5. The van der Waals surface area contributed by atoms with Gasteiger partial charge in [0.2, 0.25) is 5.91 Å². The van der Waals surface area contributed by atoms with Gasteiger partial charge >= 0.3 is 0 Å². The zero-order valence-corrected chi connectivity index (χ0v) is 13.0. The van der Waals surface area contributed by atoms with Crippen LogP contribution < -0.4 is 10.1 Å². The summed E-state index contributed by atoms with van der Waals surface area (Å²) in [6, 6.07) is 5.01. The number of aromatic hydroxyl groups is 1. The molecular weight excluding hydrogens is 278 g/mol. The van der Waals surface area contributed by atoms with Crippen LogP contribution in [-0.4, -0.2) is 18.1 Å². The van der Waals surface area contributed by atoms with Crippen LogP contribution in [0.5, 0.6) is 11.5 Å². The Morgan fingerprint density at radius 3 is 2.27 bits per heavy atom. The van der Waals surface area contributed by atoms with Gasteiger partial charge in [-0.25, -0.2) is 0 Å². The lowest BCUT2D eigenvalue weighted by Gasteiger charge is -2.55. The minimum Gasteiger partial charge on any atom is -0.506 e. The van der Waals surface area contributed by atoms with E-state index in [0.717, 1.165) is 37.0 Å². The van der Waals surface area contributed by atoms with Gasteiger partial charge in [0, 0.05) is 6.07 Å². The highest BCUT2D eigenvalue weighted by Gasteiger charge is 2.54. The topological polar surface area (TPSA) is 58.6 Å². The molecule has 4 nitrogen and oxygen atoms in total. The van der Waals surface area contributed by atoms with Crippen molar-refractivity contribution in [3.05, 3.63) is 18.2 Å². The zero-order chi connectivity index (χ0) is 15.3. The van der Waals surface area contributed by atoms with E-state index in [1.165, 1.54) is 25.3 Å². The number of hydrogen-bond acceptors (Lipinski definition) is 3. The molecule has 0 aliphatic heterocycles. The van der Waals surface area contributed by atoms with Crippen LogP contribution in [0.15, 0.2) is 18.2 Å². The molecule has 4 saturated carbocycles. The van der Waals surface area contributed by atoms with Gasteiger partial charge in [-0.2, -0.15) is 0 Å². The fourth-order valence-corrected chi connectivity index (χ4v) is 5.39. The molecule has 4 bridgehead atoms. The zero-order valence-electron chi connectivity index (χ0n) is 13.0. The molecule has 0 spiro atoms. The maximum Gasteiger partial charge on any atom is 0.230 e. The second kappa shape index (κ2) is 4.90. The lowest BCUT2D eigenvalue weighted by Crippen LogP contribution is -2.51. The van der Waals surface area contributed by atoms with E-state index in [1.54, 1.807) is 19.2 Å². The highest BCUT2D eigenvalue weighted by Crippen LogP contribution is 2.60. The number of nitrogens with one attached hydrogen (secondary N) is 1. The Labute approximate surface area is 130 Å². The Kier molecular flexibility index (Phi) is 3.10. The number of carbonyl (C=O) groups is 1. The fraction of sp³-hybridized carbons (Fsp3) is 0.611. The normalized spacial score (nSPS) is 35.4. The van der Waals surface area contributed by atoms with Crippen molar-refractivity contribution in [2.75, 3.05) is 12.4 Å². The highest BCUT2D eigenvalue weighted by molar-refractivity contribution is 5.96. The molecule has 5 rings (SSSR count). The maximum atomic E-state index is 12.9. The molecule has 1 amide bonds. The molecule has 0 atom stereocenters. The average Bonchev–Trinajstić information content (AvgIpc) is 2.47. The van der Waals surface area contributed by atoms with Crippen molar-refractivity contribution in [3.8, 4) is 11.5 Å². The molecule has 0 aromatic heterocycles. The maximum absolute atomic E-state index is 12.9. The Bertz CT molecular complexity index is 575. The van der Waals surface area contributed by atoms with Crippen molar-refractivity contribution in [1.29, 1.82) is 0 Å². The molecule has 2 N–H and O–H groups in total. The molecule has 22 heavy (non-hydrogen) atoms. The van der Waals surface area contributed by atoms with Crippen molar-refractivity contribution in [2.24, 2.45) is 23.2 Å². The number of ether oxygens (including phenoxy) is 1. The lowest BCUT2D eigenvalue weighted by atomic mass is 9.49. The number of anilines is 1. The van der Waals surface area contributed by atoms with E-state index < -0.39 is 0 Å². The third kappa shape index (κ3) is 2.16. The first kappa shape index (κ1) is 13.9. The van der Waals surface area contributed by atoms with Gasteiger partial charge < -0.3 is 15.2 Å². The first-order chi connectivity index (χ1) is 10.6. The smallest absolute Gasteiger partial charge is 0.230 e. The Morgan fingerprint density at radius 2 is 1.77 bits per heavy atom. The van der Waals surface area contributed by atoms with Gasteiger partial charge in [-0.05, 0) is 68.4 Å². The van der Waals surface area contributed by atoms with Crippen LogP contribution in [0, 0.1) is 23.2 Å². The third-order valence-electron chi connectivity index (χ3n) is 5.97. The summed E-state index contributed by atoms with van der Waals surface area (Å²) in [4.78, 5) is 12.9. The largest absolute Gasteiger partial charge is 0.506 e. The van der Waals surface area contributed by atoms with Crippen LogP contribution in [0.4, 0.5) is 5.69 Å². The summed E-state index contributed by atoms with van der Waals surface area (Å²) in [5.41, 5.74) is 0.294. The SMILES string of the molecule is COc1ccc(NC(=O)C23CC4C[C@H](C2)C[C@H](C4)C3)c(O)c1. The molecule has 1 aromatic carbocycles. The van der Waals surface area contributed by atoms with Gasteiger partial charge in [0.05, 0.1) is 18.2 Å². The van der Waals surface area contributed by atoms with E-state index in [-0.39, 0.29) is 17.1 Å². The van der Waals surface area contributed by atoms with Gasteiger partial charge in [-0.1, -0.05) is 0 Å². The fourth-order valence-electron chi connectivity index (χ4n) is 5.39. The molecule has 0 unspecified atom stereocenters. The number of benzene rings is 1. The van der Waals surface area contributed by atoms with E-state index in [4.69, 9.17) is 4.74 Å². The molecule has 118 valence electrons. The van der Waals surface area contributed by atoms with Crippen molar-refractivity contribution in [3.63, 3.8) is 0 Å². The van der Waals surface area contributed by atoms with Crippen molar-refractivity contribution in [1.82, 2.24) is 0 Å². The second-order valence-corrected chi connectivity index (χ2v) is 7.54. The lowest BCUT2D eigenvalue weighted by molar-refractivity contribution is -0.140. The van der Waals surface area contributed by atoms with Crippen molar-refractivity contribution >= 4 is 11.6 Å². The molecular formula is C18H23NO3. The van der Waals surface area contributed by atoms with Crippen LogP contribution in [-0.2, 0) is 4.79 Å². The summed E-state index contributed by atoms with van der Waals surface area (Å²) in [6.45, 7) is 0. The molecule has 0 saturated heterocycles. The van der Waals surface area contributed by atoms with E-state index >= 15 is 0 Å². The molecule has 4 aliphatic rings. The standard InChI is InChI=1S/C18H23NO3/c1-22-14-2-3-15(16(20)7-14)19-17(21)18-8-11-4-12(9-18)6-13(5-11)10-18/h2-3,7,11-13,20H,4-6,8-10H2,1H3,(H,19,21)/t11-,12-,13?,18?/m1/s1. The average molecular weight is 301 g/mol. The first-order valence-corrected chi connectivity index (χ1v) is 8.26. The number of methoxy groups -OCH3 is 1. The summed E-state index contributed by atoms with van der Waals surface area (Å²) >= 11 is 0. The second-order valence-electron chi connectivity index (χ2n) is 7.54. The number of rotatable bonds is 3. The Morgan fingerprint density at radius 1 is 1.18 bits per heavy atom. The van der Waals surface area contributed by atoms with Gasteiger partial charge in [0.15, 0.2) is 0 Å². The summed E-state index contributed by atoms with van der Waals surface area (Å²) < 4.78 is 5.08. The summed E-state index contributed by atoms with van der Waals surface area (Å²) in [6.07, 6.45) is 7.05. The number of phenols is 1. The minimum absolute atomic E-state index is 0.0671. The number of amides is 1. The summed E-state index contributed by atoms with van der Waals surface area (Å²) in [5, 5.41) is 13.0. The van der Waals surface area contributed by atoms with Crippen LogP contribution >= 0.6 is 0 Å². The quantitative estimate of drug-likeness (QED) is 0.839. The van der Waals surface area contributed by atoms with E-state index in [9.17, 15) is 9.90 Å². The molecule has 4 aliphatic carbocycles. The van der Waals surface area contributed by atoms with Gasteiger partial charge in [0.1, 0.15) is 11.5 Å². The number of hydrogen-bond donors (Lipinski definition) is 2. The predicted octanol–water partition coefficient (Wildman–Crippen LogP) is 3.56. The van der Waals surface area contributed by atoms with Crippen molar-refractivity contribution in [2.45, 2.75) is 38.5 Å². The minimum atomic E-state index is -0.193. The van der Waals surface area contributed by atoms with Gasteiger partial charge in [-0.15, -0.1) is 0 Å². The summed E-state index contributed by atoms with van der Waals surface area (Å²) in [7, 11) is 1.56. The monoisotopic (exact) mass is 301 g/mol. The van der Waals surface area contributed by atoms with Crippen LogP contribution in [0.3, 0.4) is 0 Å². The number of carbonyl (C=O) groups excluding carboxylic acids is 1. The van der Waals surface area contributed by atoms with E-state index in [0.29, 0.717) is 11.4 Å². The molecule has 0 radical (unpaired) electrons. The van der Waals surface area contributed by atoms with Crippen LogP contribution in [0.2, 0.25) is 0 Å². The molecule has 1 aromatic rings. The van der Waals surface area contributed by atoms with E-state index in [1.807, 2.05) is 0 Å². The number of phenolic OH excluding ortho intramolecular Hbond substituents is 1. The Hall–Kier alpha value is -1.71. The Balaban J connectivity index is 1.55. The predicted molar refractivity (Wildman–Crippen MR) is 83.9 cm³/mol. The van der Waals surface area contributed by atoms with E-state index in [2.05, 4.69) is 5.32 Å². The van der Waals surface area contributed by atoms with Crippen molar-refractivity contribution < 1.29 is 14.6 Å². The summed E-state index contributed by atoms with van der Waals surface area (Å²) in [5.74, 6) is 2.97. The van der Waals surface area contributed by atoms with Crippen LogP contribution in [0.1, 0.15) is 38.5 Å². The molecule has 0 heterocycles. The van der Waals surface area contributed by atoms with Gasteiger partial charge in [0.25, 0.3) is 0 Å². The molecule has 4 fully saturated rings. The molecule has 4 heteroatoms. The van der Waals surface area contributed by atoms with Crippen LogP contribution in [0.25, 0.3) is 0 Å². The third-order valence-corrected chi connectivity index (χ3v) is 5.97. The van der Waals surface area contributed by atoms with Gasteiger partial charge in [-0.3, -0.25) is 4.79 Å². The first-order valence-electron chi connectivity index (χ1n) is 8.26.